The third kappa shape index (κ3) is 8.00. The zero-order chi connectivity index (χ0) is 24.4. The van der Waals surface area contributed by atoms with Crippen LogP contribution in [0.25, 0.3) is 0 Å². The van der Waals surface area contributed by atoms with E-state index in [0.29, 0.717) is 54.2 Å². The van der Waals surface area contributed by atoms with Crippen LogP contribution in [-0.4, -0.2) is 42.3 Å². The molecule has 7 heteroatoms. The van der Waals surface area contributed by atoms with Crippen LogP contribution in [0.1, 0.15) is 61.0 Å². The van der Waals surface area contributed by atoms with Crippen LogP contribution in [-0.2, 0) is 16.0 Å². The van der Waals surface area contributed by atoms with Crippen LogP contribution in [0.4, 0.5) is 0 Å². The smallest absolute Gasteiger partial charge is 0.305 e. The average molecular weight is 459 g/mol. The molecule has 0 aromatic heterocycles. The summed E-state index contributed by atoms with van der Waals surface area (Å²) in [6.07, 6.45) is 2.43. The minimum absolute atomic E-state index is 0.0168. The molecular formula is C26H34O7. The first-order chi connectivity index (χ1) is 15.7. The van der Waals surface area contributed by atoms with Gasteiger partial charge in [0.05, 0.1) is 25.9 Å². The number of carbonyl (C=O) groups is 2. The van der Waals surface area contributed by atoms with Gasteiger partial charge in [0.2, 0.25) is 0 Å². The van der Waals surface area contributed by atoms with E-state index in [0.717, 1.165) is 12.8 Å². The Labute approximate surface area is 195 Å². The maximum atomic E-state index is 12.3. The molecule has 0 unspecified atom stereocenters. The summed E-state index contributed by atoms with van der Waals surface area (Å²) in [4.78, 5) is 23.6. The molecule has 2 aromatic rings. The lowest BCUT2D eigenvalue weighted by molar-refractivity contribution is -0.140. The number of benzene rings is 2. The van der Waals surface area contributed by atoms with Crippen LogP contribution in [0.2, 0.25) is 0 Å². The summed E-state index contributed by atoms with van der Waals surface area (Å²) in [5.74, 6) is 1.10. The van der Waals surface area contributed by atoms with Gasteiger partial charge in [-0.25, -0.2) is 0 Å². The summed E-state index contributed by atoms with van der Waals surface area (Å²) < 4.78 is 16.2. The number of phenols is 2. The van der Waals surface area contributed by atoms with E-state index in [2.05, 4.69) is 4.74 Å². The summed E-state index contributed by atoms with van der Waals surface area (Å²) in [6.45, 7) is 6.59. The molecule has 0 amide bonds. The molecule has 0 radical (unpaired) electrons. The van der Waals surface area contributed by atoms with E-state index < -0.39 is 0 Å². The highest BCUT2D eigenvalue weighted by Crippen LogP contribution is 2.32. The van der Waals surface area contributed by atoms with Gasteiger partial charge in [0.1, 0.15) is 23.0 Å². The topological polar surface area (TPSA) is 102 Å². The second-order valence-electron chi connectivity index (χ2n) is 8.38. The molecule has 180 valence electrons. The van der Waals surface area contributed by atoms with Crippen LogP contribution in [0.3, 0.4) is 0 Å². The number of esters is 1. The minimum atomic E-state index is -0.332. The maximum absolute atomic E-state index is 12.3. The Bertz CT molecular complexity index is 950. The van der Waals surface area contributed by atoms with Crippen molar-refractivity contribution in [3.05, 3.63) is 47.0 Å². The lowest BCUT2D eigenvalue weighted by Gasteiger charge is -2.14. The lowest BCUT2D eigenvalue weighted by Crippen LogP contribution is -2.06. The number of ether oxygens (including phenoxy) is 3. The zero-order valence-corrected chi connectivity index (χ0v) is 19.8. The van der Waals surface area contributed by atoms with E-state index in [1.807, 2.05) is 13.8 Å². The van der Waals surface area contributed by atoms with Crippen molar-refractivity contribution in [2.45, 2.75) is 52.9 Å². The largest absolute Gasteiger partial charge is 0.508 e. The number of aryl methyl sites for hydroxylation is 1. The summed E-state index contributed by atoms with van der Waals surface area (Å²) >= 11 is 0. The molecule has 0 fully saturated rings. The second-order valence-corrected chi connectivity index (χ2v) is 8.38. The van der Waals surface area contributed by atoms with Crippen molar-refractivity contribution in [3.63, 3.8) is 0 Å². The molecule has 7 nitrogen and oxygen atoms in total. The second kappa shape index (κ2) is 12.7. The Kier molecular flexibility index (Phi) is 10.0. The van der Waals surface area contributed by atoms with Crippen molar-refractivity contribution >= 4 is 11.8 Å². The molecule has 0 aliphatic heterocycles. The van der Waals surface area contributed by atoms with Crippen molar-refractivity contribution < 1.29 is 34.0 Å². The Morgan fingerprint density at radius 2 is 1.70 bits per heavy atom. The normalized spacial score (nSPS) is 10.8. The number of methoxy groups -OCH3 is 1. The fourth-order valence-electron chi connectivity index (χ4n) is 3.31. The van der Waals surface area contributed by atoms with Gasteiger partial charge < -0.3 is 24.4 Å². The van der Waals surface area contributed by atoms with Crippen molar-refractivity contribution in [1.29, 1.82) is 0 Å². The van der Waals surface area contributed by atoms with Gasteiger partial charge in [-0.1, -0.05) is 13.8 Å². The molecule has 0 aliphatic carbocycles. The van der Waals surface area contributed by atoms with Crippen LogP contribution >= 0.6 is 0 Å². The molecule has 2 N–H and O–H groups in total. The predicted molar refractivity (Wildman–Crippen MR) is 125 cm³/mol. The predicted octanol–water partition coefficient (Wildman–Crippen LogP) is 4.98. The molecule has 2 aromatic carbocycles. The molecule has 0 spiro atoms. The van der Waals surface area contributed by atoms with Gasteiger partial charge in [0.15, 0.2) is 5.78 Å². The van der Waals surface area contributed by atoms with Crippen molar-refractivity contribution in [3.8, 4) is 23.0 Å². The first kappa shape index (κ1) is 26.0. The van der Waals surface area contributed by atoms with Crippen LogP contribution in [0, 0.1) is 12.8 Å². The number of hydrogen-bond donors (Lipinski definition) is 2. The summed E-state index contributed by atoms with van der Waals surface area (Å²) in [5.41, 5.74) is 1.53. The molecule has 33 heavy (non-hydrogen) atoms. The number of Topliss-reactive ketones (excluding diaryl/α,β-unsaturated/α-hetero) is 1. The average Bonchev–Trinajstić information content (AvgIpc) is 2.78. The van der Waals surface area contributed by atoms with E-state index in [1.165, 1.54) is 7.11 Å². The highest BCUT2D eigenvalue weighted by atomic mass is 16.5. The molecule has 0 saturated heterocycles. The summed E-state index contributed by atoms with van der Waals surface area (Å²) in [7, 11) is 1.33. The third-order valence-corrected chi connectivity index (χ3v) is 5.22. The molecule has 0 saturated carbocycles. The van der Waals surface area contributed by atoms with Crippen LogP contribution in [0.15, 0.2) is 30.3 Å². The number of carbonyl (C=O) groups excluding carboxylic acids is 2. The van der Waals surface area contributed by atoms with Gasteiger partial charge in [-0.2, -0.15) is 0 Å². The minimum Gasteiger partial charge on any atom is -0.508 e. The van der Waals surface area contributed by atoms with Crippen LogP contribution < -0.4 is 9.47 Å². The third-order valence-electron chi connectivity index (χ3n) is 5.22. The fourth-order valence-corrected chi connectivity index (χ4v) is 3.31. The zero-order valence-electron chi connectivity index (χ0n) is 19.8. The quantitative estimate of drug-likeness (QED) is 0.248. The Morgan fingerprint density at radius 3 is 2.36 bits per heavy atom. The van der Waals surface area contributed by atoms with Gasteiger partial charge in [-0.15, -0.1) is 0 Å². The van der Waals surface area contributed by atoms with E-state index in [-0.39, 0.29) is 35.6 Å². The number of unbranched alkanes of at least 4 members (excludes halogenated alkanes) is 1. The van der Waals surface area contributed by atoms with Crippen molar-refractivity contribution in [2.75, 3.05) is 20.3 Å². The number of phenolic OH excluding ortho intramolecular Hbond substituents is 2. The Hall–Kier alpha value is -3.22. The highest BCUT2D eigenvalue weighted by Gasteiger charge is 2.17. The first-order valence-corrected chi connectivity index (χ1v) is 11.2. The van der Waals surface area contributed by atoms with Gasteiger partial charge in [-0.3, -0.25) is 9.59 Å². The Morgan fingerprint density at radius 1 is 1.00 bits per heavy atom. The van der Waals surface area contributed by atoms with Crippen molar-refractivity contribution in [2.24, 2.45) is 5.92 Å². The number of hydrogen-bond acceptors (Lipinski definition) is 7. The molecule has 0 aliphatic rings. The Balaban J connectivity index is 1.78. The van der Waals surface area contributed by atoms with E-state index in [9.17, 15) is 19.8 Å². The summed E-state index contributed by atoms with van der Waals surface area (Å²) in [6, 6.07) is 8.31. The highest BCUT2D eigenvalue weighted by molar-refractivity contribution is 5.99. The molecule has 0 atom stereocenters. The molecular weight excluding hydrogens is 424 g/mol. The van der Waals surface area contributed by atoms with E-state index >= 15 is 0 Å². The molecule has 2 rings (SSSR count). The molecule has 0 heterocycles. The monoisotopic (exact) mass is 458 g/mol. The van der Waals surface area contributed by atoms with Crippen molar-refractivity contribution in [1.82, 2.24) is 0 Å². The van der Waals surface area contributed by atoms with Gasteiger partial charge in [-0.05, 0) is 68.0 Å². The lowest BCUT2D eigenvalue weighted by atomic mass is 9.98. The first-order valence-electron chi connectivity index (χ1n) is 11.2. The standard InChI is InChI=1S/C26H34O7/c1-17(2)15-23(28)21-9-11-24(18(3)26(21)30)33-14-6-5-13-32-20-8-10-22(27)19(16-20)7-12-25(29)31-4/h8-11,16-17,27,30H,5-7,12-15H2,1-4H3. The number of aromatic hydroxyl groups is 2. The SMILES string of the molecule is COC(=O)CCc1cc(OCCCCOc2ccc(C(=O)CC(C)C)c(O)c2C)ccc1O. The number of rotatable bonds is 13. The maximum Gasteiger partial charge on any atom is 0.305 e. The van der Waals surface area contributed by atoms with E-state index in [4.69, 9.17) is 9.47 Å². The van der Waals surface area contributed by atoms with E-state index in [1.54, 1.807) is 37.3 Å². The van der Waals surface area contributed by atoms with Crippen LogP contribution in [0.5, 0.6) is 23.0 Å². The fraction of sp³-hybridized carbons (Fsp3) is 0.462. The van der Waals surface area contributed by atoms with Gasteiger partial charge >= 0.3 is 5.97 Å². The summed E-state index contributed by atoms with van der Waals surface area (Å²) in [5, 5.41) is 20.3. The van der Waals surface area contributed by atoms with Gasteiger partial charge in [0.25, 0.3) is 0 Å². The molecule has 0 bridgehead atoms. The van der Waals surface area contributed by atoms with Gasteiger partial charge in [0, 0.05) is 18.4 Å². The number of ketones is 1.